The number of hydrogen-bond donors (Lipinski definition) is 1. The normalized spacial score (nSPS) is 8.65. The minimum absolute atomic E-state index is 0.0214. The van der Waals surface area contributed by atoms with Gasteiger partial charge < -0.3 is 5.73 Å². The predicted molar refractivity (Wildman–Crippen MR) is 75.4 cm³/mol. The largest absolute Gasteiger partial charge is 0.369 e. The molecule has 4 heteroatoms. The molecule has 17 heavy (non-hydrogen) atoms. The molecular formula is C13H27N3O. The summed E-state index contributed by atoms with van der Waals surface area (Å²) >= 11 is 0. The van der Waals surface area contributed by atoms with Gasteiger partial charge in [-0.3, -0.25) is 9.36 Å². The minimum Gasteiger partial charge on any atom is -0.369 e. The van der Waals surface area contributed by atoms with Gasteiger partial charge in [-0.2, -0.15) is 0 Å². The summed E-state index contributed by atoms with van der Waals surface area (Å²) in [4.78, 5) is 15.7. The molecule has 0 aromatic carbocycles. The molecule has 0 saturated carbocycles. The van der Waals surface area contributed by atoms with E-state index in [1.807, 2.05) is 34.6 Å². The van der Waals surface area contributed by atoms with E-state index in [0.29, 0.717) is 18.1 Å². The van der Waals surface area contributed by atoms with Crippen molar-refractivity contribution in [1.29, 1.82) is 0 Å². The van der Waals surface area contributed by atoms with Gasteiger partial charge in [0.15, 0.2) is 0 Å². The molecule has 1 aromatic heterocycles. The van der Waals surface area contributed by atoms with Gasteiger partial charge in [0.2, 0.25) is 5.95 Å². The number of nitrogen functional groups attached to an aromatic ring is 1. The standard InChI is InChI=1S/C9H15N3O.2C2H6/c1-4-5-12-8(13)6(2)7(3)11-9(12)10;2*1-2/h4-5H2,1-3H3,(H2,10,11);2*1-2H3. The molecule has 4 nitrogen and oxygen atoms in total. The van der Waals surface area contributed by atoms with E-state index in [4.69, 9.17) is 5.73 Å². The molecule has 0 spiro atoms. The molecule has 0 saturated heterocycles. The highest BCUT2D eigenvalue weighted by Crippen LogP contribution is 2.02. The zero-order valence-electron chi connectivity index (χ0n) is 12.3. The maximum absolute atomic E-state index is 11.6. The quantitative estimate of drug-likeness (QED) is 0.866. The van der Waals surface area contributed by atoms with Gasteiger partial charge in [0.25, 0.3) is 5.56 Å². The van der Waals surface area contributed by atoms with Crippen LogP contribution in [0.1, 0.15) is 52.3 Å². The highest BCUT2D eigenvalue weighted by molar-refractivity contribution is 5.25. The van der Waals surface area contributed by atoms with Gasteiger partial charge in [0.05, 0.1) is 0 Å². The lowest BCUT2D eigenvalue weighted by Gasteiger charge is -2.09. The molecule has 0 aliphatic heterocycles. The van der Waals surface area contributed by atoms with Crippen LogP contribution in [0.25, 0.3) is 0 Å². The second-order valence-corrected chi connectivity index (χ2v) is 3.14. The molecule has 0 radical (unpaired) electrons. The summed E-state index contributed by atoms with van der Waals surface area (Å²) < 4.78 is 1.52. The van der Waals surface area contributed by atoms with Crippen molar-refractivity contribution in [3.63, 3.8) is 0 Å². The Balaban J connectivity index is 0. The maximum Gasteiger partial charge on any atom is 0.258 e. The first kappa shape index (κ1) is 18.1. The van der Waals surface area contributed by atoms with Gasteiger partial charge in [-0.1, -0.05) is 34.6 Å². The summed E-state index contributed by atoms with van der Waals surface area (Å²) in [5.41, 5.74) is 7.01. The summed E-state index contributed by atoms with van der Waals surface area (Å²) in [5.74, 6) is 0.315. The van der Waals surface area contributed by atoms with Crippen molar-refractivity contribution < 1.29 is 0 Å². The molecule has 0 aliphatic carbocycles. The minimum atomic E-state index is -0.0214. The average molecular weight is 241 g/mol. The van der Waals surface area contributed by atoms with Crippen LogP contribution in [0.2, 0.25) is 0 Å². The lowest BCUT2D eigenvalue weighted by Crippen LogP contribution is -2.27. The molecule has 0 unspecified atom stereocenters. The number of aryl methyl sites for hydroxylation is 1. The van der Waals surface area contributed by atoms with Crippen molar-refractivity contribution in [3.8, 4) is 0 Å². The van der Waals surface area contributed by atoms with Crippen molar-refractivity contribution in [2.24, 2.45) is 0 Å². The van der Waals surface area contributed by atoms with Crippen LogP contribution < -0.4 is 11.3 Å². The number of nitrogens with two attached hydrogens (primary N) is 1. The summed E-state index contributed by atoms with van der Waals surface area (Å²) in [7, 11) is 0. The van der Waals surface area contributed by atoms with Crippen LogP contribution in [-0.2, 0) is 6.54 Å². The van der Waals surface area contributed by atoms with E-state index >= 15 is 0 Å². The van der Waals surface area contributed by atoms with Gasteiger partial charge in [0, 0.05) is 17.8 Å². The predicted octanol–water partition coefficient (Wildman–Crippen LogP) is 2.90. The van der Waals surface area contributed by atoms with Crippen molar-refractivity contribution >= 4 is 5.95 Å². The van der Waals surface area contributed by atoms with E-state index < -0.39 is 0 Å². The molecule has 2 N–H and O–H groups in total. The molecule has 0 atom stereocenters. The van der Waals surface area contributed by atoms with Gasteiger partial charge in [-0.15, -0.1) is 0 Å². The Bertz CT molecular complexity index is 370. The van der Waals surface area contributed by atoms with Crippen LogP contribution in [0.4, 0.5) is 5.95 Å². The summed E-state index contributed by atoms with van der Waals surface area (Å²) in [5, 5.41) is 0. The Morgan fingerprint density at radius 3 is 2.06 bits per heavy atom. The van der Waals surface area contributed by atoms with Crippen LogP contribution >= 0.6 is 0 Å². The van der Waals surface area contributed by atoms with E-state index in [1.165, 1.54) is 4.57 Å². The monoisotopic (exact) mass is 241 g/mol. The highest BCUT2D eigenvalue weighted by atomic mass is 16.1. The Labute approximate surface area is 105 Å². The molecule has 1 aromatic rings. The van der Waals surface area contributed by atoms with Gasteiger partial charge >= 0.3 is 0 Å². The SMILES string of the molecule is CC.CC.CCCn1c(N)nc(C)c(C)c1=O. The first-order chi connectivity index (χ1) is 8.07. The first-order valence-corrected chi connectivity index (χ1v) is 6.41. The van der Waals surface area contributed by atoms with E-state index in [0.717, 1.165) is 12.1 Å². The van der Waals surface area contributed by atoms with E-state index in [-0.39, 0.29) is 5.56 Å². The topological polar surface area (TPSA) is 60.9 Å². The van der Waals surface area contributed by atoms with Crippen LogP contribution in [0.5, 0.6) is 0 Å². The van der Waals surface area contributed by atoms with E-state index in [1.54, 1.807) is 13.8 Å². The van der Waals surface area contributed by atoms with Crippen LogP contribution in [-0.4, -0.2) is 9.55 Å². The number of anilines is 1. The fourth-order valence-electron chi connectivity index (χ4n) is 1.22. The zero-order chi connectivity index (χ0) is 14.0. The maximum atomic E-state index is 11.6. The van der Waals surface area contributed by atoms with E-state index in [2.05, 4.69) is 4.98 Å². The third-order valence-corrected chi connectivity index (χ3v) is 2.11. The highest BCUT2D eigenvalue weighted by Gasteiger charge is 2.06. The number of aromatic nitrogens is 2. The summed E-state index contributed by atoms with van der Waals surface area (Å²) in [6.07, 6.45) is 0.883. The second kappa shape index (κ2) is 9.87. The Morgan fingerprint density at radius 2 is 1.65 bits per heavy atom. The fourth-order valence-corrected chi connectivity index (χ4v) is 1.22. The number of rotatable bonds is 2. The van der Waals surface area contributed by atoms with Gasteiger partial charge in [0.1, 0.15) is 0 Å². The first-order valence-electron chi connectivity index (χ1n) is 6.41. The zero-order valence-corrected chi connectivity index (χ0v) is 12.3. The Morgan fingerprint density at radius 1 is 1.18 bits per heavy atom. The lowest BCUT2D eigenvalue weighted by molar-refractivity contribution is 0.645. The second-order valence-electron chi connectivity index (χ2n) is 3.14. The Hall–Kier alpha value is -1.32. The smallest absolute Gasteiger partial charge is 0.258 e. The summed E-state index contributed by atoms with van der Waals surface area (Å²) in [6, 6.07) is 0. The van der Waals surface area contributed by atoms with Crippen LogP contribution in [0, 0.1) is 13.8 Å². The molecule has 0 amide bonds. The van der Waals surface area contributed by atoms with E-state index in [9.17, 15) is 4.79 Å². The van der Waals surface area contributed by atoms with Crippen molar-refractivity contribution in [2.45, 2.75) is 61.4 Å². The molecular weight excluding hydrogens is 214 g/mol. The van der Waals surface area contributed by atoms with Crippen molar-refractivity contribution in [3.05, 3.63) is 21.6 Å². The lowest BCUT2D eigenvalue weighted by atomic mass is 10.2. The molecule has 0 aliphatic rings. The fraction of sp³-hybridized carbons (Fsp3) is 0.692. The van der Waals surface area contributed by atoms with Gasteiger partial charge in [-0.25, -0.2) is 4.98 Å². The molecule has 0 bridgehead atoms. The van der Waals surface area contributed by atoms with Crippen LogP contribution in [0.15, 0.2) is 4.79 Å². The molecule has 0 fully saturated rings. The molecule has 100 valence electrons. The third kappa shape index (κ3) is 5.02. The number of nitrogens with zero attached hydrogens (tertiary/aromatic N) is 2. The molecule has 1 heterocycles. The van der Waals surface area contributed by atoms with Gasteiger partial charge in [-0.05, 0) is 20.3 Å². The number of hydrogen-bond acceptors (Lipinski definition) is 3. The Kier molecular flexibility index (Phi) is 10.5. The van der Waals surface area contributed by atoms with Crippen LogP contribution in [0.3, 0.4) is 0 Å². The summed E-state index contributed by atoms with van der Waals surface area (Å²) in [6.45, 7) is 14.2. The molecule has 1 rings (SSSR count). The van der Waals surface area contributed by atoms with Crippen molar-refractivity contribution in [1.82, 2.24) is 9.55 Å². The third-order valence-electron chi connectivity index (χ3n) is 2.11. The van der Waals surface area contributed by atoms with Crippen molar-refractivity contribution in [2.75, 3.05) is 5.73 Å². The average Bonchev–Trinajstić information content (AvgIpc) is 2.37.